The molecular weight excluding hydrogens is 132 g/mol. The zero-order valence-corrected chi connectivity index (χ0v) is 7.90. The van der Waals surface area contributed by atoms with Crippen LogP contribution >= 0.6 is 0 Å². The van der Waals surface area contributed by atoms with E-state index in [4.69, 9.17) is 6.42 Å². The molecule has 0 saturated heterocycles. The van der Waals surface area contributed by atoms with Gasteiger partial charge in [0.2, 0.25) is 0 Å². The summed E-state index contributed by atoms with van der Waals surface area (Å²) in [7, 11) is 0. The van der Waals surface area contributed by atoms with Crippen LogP contribution in [0.4, 0.5) is 0 Å². The highest BCUT2D eigenvalue weighted by Gasteiger charge is 2.03. The second-order valence-electron chi connectivity index (χ2n) is 3.16. The Hall–Kier alpha value is -0.440. The fourth-order valence-corrected chi connectivity index (χ4v) is 1.33. The minimum Gasteiger partial charge on any atom is -0.120 e. The molecule has 0 fully saturated rings. The highest BCUT2D eigenvalue weighted by atomic mass is 14.1. The number of terminal acetylenes is 1. The van der Waals surface area contributed by atoms with Gasteiger partial charge in [0.05, 0.1) is 0 Å². The lowest BCUT2D eigenvalue weighted by Gasteiger charge is -2.11. The molecule has 11 heavy (non-hydrogen) atoms. The lowest BCUT2D eigenvalue weighted by atomic mass is 9.95. The van der Waals surface area contributed by atoms with Crippen molar-refractivity contribution < 1.29 is 0 Å². The van der Waals surface area contributed by atoms with Crippen LogP contribution in [0.2, 0.25) is 0 Å². The summed E-state index contributed by atoms with van der Waals surface area (Å²) >= 11 is 0. The Morgan fingerprint density at radius 2 is 2.00 bits per heavy atom. The van der Waals surface area contributed by atoms with Crippen molar-refractivity contribution in [2.24, 2.45) is 5.92 Å². The maximum Gasteiger partial charge on any atom is 0.00886 e. The third-order valence-corrected chi connectivity index (χ3v) is 2.24. The van der Waals surface area contributed by atoms with Crippen molar-refractivity contribution in [3.05, 3.63) is 0 Å². The Kier molecular flexibility index (Phi) is 7.36. The second-order valence-corrected chi connectivity index (χ2v) is 3.16. The predicted molar refractivity (Wildman–Crippen MR) is 51.4 cm³/mol. The van der Waals surface area contributed by atoms with Gasteiger partial charge in [-0.25, -0.2) is 0 Å². The Labute approximate surface area is 71.4 Å². The first-order valence-electron chi connectivity index (χ1n) is 4.78. The Balaban J connectivity index is 3.34. The first-order valence-corrected chi connectivity index (χ1v) is 4.78. The fourth-order valence-electron chi connectivity index (χ4n) is 1.33. The topological polar surface area (TPSA) is 0 Å². The van der Waals surface area contributed by atoms with Crippen molar-refractivity contribution in [3.63, 3.8) is 0 Å². The van der Waals surface area contributed by atoms with Crippen molar-refractivity contribution in [3.8, 4) is 12.3 Å². The average Bonchev–Trinajstić information content (AvgIpc) is 2.05. The van der Waals surface area contributed by atoms with Crippen molar-refractivity contribution in [1.82, 2.24) is 0 Å². The van der Waals surface area contributed by atoms with E-state index in [9.17, 15) is 0 Å². The lowest BCUT2D eigenvalue weighted by Crippen LogP contribution is -1.97. The van der Waals surface area contributed by atoms with Gasteiger partial charge in [0.1, 0.15) is 0 Å². The van der Waals surface area contributed by atoms with E-state index in [1.165, 1.54) is 32.1 Å². The molecule has 0 radical (unpaired) electrons. The smallest absolute Gasteiger partial charge is 0.00886 e. The minimum atomic E-state index is 0.881. The third kappa shape index (κ3) is 5.98. The van der Waals surface area contributed by atoms with Crippen LogP contribution in [-0.4, -0.2) is 0 Å². The molecule has 0 aliphatic heterocycles. The Morgan fingerprint density at radius 3 is 2.45 bits per heavy atom. The molecule has 0 rings (SSSR count). The number of hydrogen-bond donors (Lipinski definition) is 0. The number of unbranched alkanes of at least 4 members (excludes halogenated alkanes) is 1. The molecule has 0 heteroatoms. The van der Waals surface area contributed by atoms with Gasteiger partial charge in [0.25, 0.3) is 0 Å². The molecule has 0 amide bonds. The van der Waals surface area contributed by atoms with Gasteiger partial charge < -0.3 is 0 Å². The Morgan fingerprint density at radius 1 is 1.27 bits per heavy atom. The number of hydrogen-bond acceptors (Lipinski definition) is 0. The summed E-state index contributed by atoms with van der Waals surface area (Å²) in [4.78, 5) is 0. The van der Waals surface area contributed by atoms with Crippen LogP contribution in [0.1, 0.15) is 52.4 Å². The van der Waals surface area contributed by atoms with Crippen molar-refractivity contribution >= 4 is 0 Å². The van der Waals surface area contributed by atoms with Crippen molar-refractivity contribution in [1.29, 1.82) is 0 Å². The molecule has 0 heterocycles. The predicted octanol–water partition coefficient (Wildman–Crippen LogP) is 3.62. The molecule has 0 nitrogen and oxygen atoms in total. The van der Waals surface area contributed by atoms with Crippen molar-refractivity contribution in [2.75, 3.05) is 0 Å². The van der Waals surface area contributed by atoms with E-state index < -0.39 is 0 Å². The quantitative estimate of drug-likeness (QED) is 0.510. The first-order chi connectivity index (χ1) is 5.35. The summed E-state index contributed by atoms with van der Waals surface area (Å²) < 4.78 is 0. The van der Waals surface area contributed by atoms with Gasteiger partial charge in [-0.05, 0) is 12.3 Å². The van der Waals surface area contributed by atoms with Crippen LogP contribution in [0.15, 0.2) is 0 Å². The molecule has 1 unspecified atom stereocenters. The average molecular weight is 152 g/mol. The third-order valence-electron chi connectivity index (χ3n) is 2.24. The van der Waals surface area contributed by atoms with E-state index in [1.54, 1.807) is 0 Å². The van der Waals surface area contributed by atoms with Gasteiger partial charge in [0, 0.05) is 6.42 Å². The normalized spacial score (nSPS) is 12.5. The van der Waals surface area contributed by atoms with Crippen LogP contribution < -0.4 is 0 Å². The van der Waals surface area contributed by atoms with E-state index >= 15 is 0 Å². The Bertz CT molecular complexity index is 108. The highest BCUT2D eigenvalue weighted by Crippen LogP contribution is 2.17. The summed E-state index contributed by atoms with van der Waals surface area (Å²) in [6.45, 7) is 4.50. The first kappa shape index (κ1) is 10.6. The second kappa shape index (κ2) is 7.66. The van der Waals surface area contributed by atoms with E-state index in [1.807, 2.05) is 0 Å². The molecule has 0 spiro atoms. The SMILES string of the molecule is C#CCCC(CC)CCCC. The molecule has 0 aliphatic carbocycles. The molecule has 0 aromatic heterocycles. The van der Waals surface area contributed by atoms with Crippen LogP contribution in [0.5, 0.6) is 0 Å². The summed E-state index contributed by atoms with van der Waals surface area (Å²) in [5.74, 6) is 3.59. The van der Waals surface area contributed by atoms with Crippen LogP contribution in [0.25, 0.3) is 0 Å². The fraction of sp³-hybridized carbons (Fsp3) is 0.818. The number of rotatable bonds is 6. The summed E-state index contributed by atoms with van der Waals surface area (Å²) in [5, 5.41) is 0. The van der Waals surface area contributed by atoms with Crippen LogP contribution in [0.3, 0.4) is 0 Å². The minimum absolute atomic E-state index is 0.881. The van der Waals surface area contributed by atoms with Crippen LogP contribution in [-0.2, 0) is 0 Å². The zero-order valence-electron chi connectivity index (χ0n) is 7.90. The molecular formula is C11H20. The molecule has 0 aromatic carbocycles. The maximum absolute atomic E-state index is 5.21. The van der Waals surface area contributed by atoms with Gasteiger partial charge in [-0.3, -0.25) is 0 Å². The van der Waals surface area contributed by atoms with E-state index in [-0.39, 0.29) is 0 Å². The van der Waals surface area contributed by atoms with Crippen molar-refractivity contribution in [2.45, 2.75) is 52.4 Å². The molecule has 64 valence electrons. The molecule has 1 atom stereocenters. The van der Waals surface area contributed by atoms with Gasteiger partial charge in [0.15, 0.2) is 0 Å². The van der Waals surface area contributed by atoms with E-state index in [0.717, 1.165) is 12.3 Å². The molecule has 0 aliphatic rings. The standard InChI is InChI=1S/C11H20/c1-4-7-9-11(6-3)10-8-5-2/h1,11H,5-10H2,2-3H3. The summed E-state index contributed by atoms with van der Waals surface area (Å²) in [6, 6.07) is 0. The largest absolute Gasteiger partial charge is 0.120 e. The van der Waals surface area contributed by atoms with Gasteiger partial charge in [-0.1, -0.05) is 39.5 Å². The molecule has 0 saturated carbocycles. The van der Waals surface area contributed by atoms with Gasteiger partial charge in [-0.15, -0.1) is 12.3 Å². The molecule has 0 N–H and O–H groups in total. The summed E-state index contributed by atoms with van der Waals surface area (Å²) in [6.07, 6.45) is 12.7. The maximum atomic E-state index is 5.21. The lowest BCUT2D eigenvalue weighted by molar-refractivity contribution is 0.427. The monoisotopic (exact) mass is 152 g/mol. The van der Waals surface area contributed by atoms with E-state index in [2.05, 4.69) is 19.8 Å². The molecule has 0 bridgehead atoms. The van der Waals surface area contributed by atoms with E-state index in [0.29, 0.717) is 0 Å². The van der Waals surface area contributed by atoms with Crippen LogP contribution in [0, 0.1) is 18.3 Å². The highest BCUT2D eigenvalue weighted by molar-refractivity contribution is 4.84. The molecule has 0 aromatic rings. The van der Waals surface area contributed by atoms with Gasteiger partial charge in [-0.2, -0.15) is 0 Å². The summed E-state index contributed by atoms with van der Waals surface area (Å²) in [5.41, 5.74) is 0. The van der Waals surface area contributed by atoms with Gasteiger partial charge >= 0.3 is 0 Å². The zero-order chi connectivity index (χ0) is 8.53.